The summed E-state index contributed by atoms with van der Waals surface area (Å²) in [4.78, 5) is 11.2. The zero-order valence-corrected chi connectivity index (χ0v) is 8.20. The SMILES string of the molecule is CCc1cc(N)c2c(c1)oc(=O)n2C. The maximum atomic E-state index is 11.2. The second kappa shape index (κ2) is 2.90. The van der Waals surface area contributed by atoms with Crippen molar-refractivity contribution < 1.29 is 4.42 Å². The van der Waals surface area contributed by atoms with Crippen LogP contribution < -0.4 is 11.5 Å². The molecular weight excluding hydrogens is 180 g/mol. The Kier molecular flexibility index (Phi) is 1.84. The molecule has 2 aromatic rings. The smallest absolute Gasteiger partial charge is 0.408 e. The van der Waals surface area contributed by atoms with Gasteiger partial charge in [-0.05, 0) is 24.1 Å². The lowest BCUT2D eigenvalue weighted by atomic mass is 10.1. The molecule has 0 fully saturated rings. The number of rotatable bonds is 1. The number of aromatic nitrogens is 1. The topological polar surface area (TPSA) is 61.2 Å². The van der Waals surface area contributed by atoms with Gasteiger partial charge in [0, 0.05) is 7.05 Å². The first-order valence-corrected chi connectivity index (χ1v) is 4.51. The van der Waals surface area contributed by atoms with E-state index in [4.69, 9.17) is 10.2 Å². The Bertz CT molecular complexity index is 537. The van der Waals surface area contributed by atoms with Crippen LogP contribution >= 0.6 is 0 Å². The minimum absolute atomic E-state index is 0.375. The van der Waals surface area contributed by atoms with Crippen molar-refractivity contribution in [3.63, 3.8) is 0 Å². The van der Waals surface area contributed by atoms with Gasteiger partial charge in [-0.25, -0.2) is 4.79 Å². The number of anilines is 1. The van der Waals surface area contributed by atoms with Crippen LogP contribution in [0.25, 0.3) is 11.1 Å². The molecule has 0 bridgehead atoms. The van der Waals surface area contributed by atoms with Crippen LogP contribution in [0.5, 0.6) is 0 Å². The number of hydrogen-bond acceptors (Lipinski definition) is 3. The van der Waals surface area contributed by atoms with Crippen LogP contribution in [0.2, 0.25) is 0 Å². The Balaban J connectivity index is 2.90. The van der Waals surface area contributed by atoms with Crippen molar-refractivity contribution >= 4 is 16.8 Å². The van der Waals surface area contributed by atoms with Crippen LogP contribution in [-0.4, -0.2) is 4.57 Å². The van der Waals surface area contributed by atoms with Crippen molar-refractivity contribution in [3.05, 3.63) is 28.2 Å². The molecule has 1 aromatic heterocycles. The quantitative estimate of drug-likeness (QED) is 0.692. The Morgan fingerprint density at radius 1 is 1.50 bits per heavy atom. The average Bonchev–Trinajstić information content (AvgIpc) is 2.43. The lowest BCUT2D eigenvalue weighted by Crippen LogP contribution is -2.09. The fourth-order valence-electron chi connectivity index (χ4n) is 1.58. The first-order valence-electron chi connectivity index (χ1n) is 4.51. The highest BCUT2D eigenvalue weighted by Crippen LogP contribution is 2.21. The third-order valence-electron chi connectivity index (χ3n) is 2.38. The zero-order chi connectivity index (χ0) is 10.3. The molecule has 2 N–H and O–H groups in total. The molecule has 0 aliphatic heterocycles. The fourth-order valence-corrected chi connectivity index (χ4v) is 1.58. The van der Waals surface area contributed by atoms with Gasteiger partial charge in [0.2, 0.25) is 0 Å². The summed E-state index contributed by atoms with van der Waals surface area (Å²) in [7, 11) is 1.65. The molecule has 1 heterocycles. The molecule has 0 aliphatic carbocycles. The molecule has 0 unspecified atom stereocenters. The van der Waals surface area contributed by atoms with Crippen LogP contribution in [0.3, 0.4) is 0 Å². The standard InChI is InChI=1S/C10H12N2O2/c1-3-6-4-7(11)9-8(5-6)14-10(13)12(9)2/h4-5H,3,11H2,1-2H3. The Morgan fingerprint density at radius 2 is 2.21 bits per heavy atom. The van der Waals surface area contributed by atoms with Gasteiger partial charge in [0.15, 0.2) is 5.58 Å². The summed E-state index contributed by atoms with van der Waals surface area (Å²) >= 11 is 0. The highest BCUT2D eigenvalue weighted by Gasteiger charge is 2.09. The number of nitrogens with two attached hydrogens (primary N) is 1. The molecule has 0 spiro atoms. The van der Waals surface area contributed by atoms with Crippen LogP contribution in [0.15, 0.2) is 21.3 Å². The predicted octanol–water partition coefficient (Wildman–Crippen LogP) is 1.28. The molecule has 4 nitrogen and oxygen atoms in total. The van der Waals surface area contributed by atoms with E-state index in [0.717, 1.165) is 12.0 Å². The van der Waals surface area contributed by atoms with Crippen molar-refractivity contribution in [2.75, 3.05) is 5.73 Å². The molecule has 74 valence electrons. The summed E-state index contributed by atoms with van der Waals surface area (Å²) in [6, 6.07) is 3.73. The lowest BCUT2D eigenvalue weighted by molar-refractivity contribution is 0.528. The van der Waals surface area contributed by atoms with E-state index in [-0.39, 0.29) is 5.76 Å². The van der Waals surface area contributed by atoms with E-state index in [1.54, 1.807) is 7.05 Å². The summed E-state index contributed by atoms with van der Waals surface area (Å²) < 4.78 is 6.47. The van der Waals surface area contributed by atoms with E-state index in [1.165, 1.54) is 4.57 Å². The Labute approximate surface area is 80.9 Å². The van der Waals surface area contributed by atoms with Crippen LogP contribution in [0.4, 0.5) is 5.69 Å². The van der Waals surface area contributed by atoms with Gasteiger partial charge in [-0.2, -0.15) is 0 Å². The molecule has 2 rings (SSSR count). The van der Waals surface area contributed by atoms with Crippen molar-refractivity contribution in [2.24, 2.45) is 7.05 Å². The van der Waals surface area contributed by atoms with Gasteiger partial charge in [0.05, 0.1) is 5.69 Å². The second-order valence-electron chi connectivity index (χ2n) is 3.31. The molecule has 0 aliphatic rings. The highest BCUT2D eigenvalue weighted by atomic mass is 16.4. The van der Waals surface area contributed by atoms with Gasteiger partial charge in [-0.15, -0.1) is 0 Å². The minimum Gasteiger partial charge on any atom is -0.408 e. The maximum Gasteiger partial charge on any atom is 0.419 e. The van der Waals surface area contributed by atoms with Gasteiger partial charge in [0.25, 0.3) is 0 Å². The first-order chi connectivity index (χ1) is 6.63. The third kappa shape index (κ3) is 1.11. The van der Waals surface area contributed by atoms with Crippen LogP contribution in [-0.2, 0) is 13.5 Å². The number of fused-ring (bicyclic) bond motifs is 1. The largest absolute Gasteiger partial charge is 0.419 e. The second-order valence-corrected chi connectivity index (χ2v) is 3.31. The van der Waals surface area contributed by atoms with E-state index in [2.05, 4.69) is 0 Å². The first kappa shape index (κ1) is 8.87. The lowest BCUT2D eigenvalue weighted by Gasteiger charge is -2.00. The normalized spacial score (nSPS) is 11.0. The van der Waals surface area contributed by atoms with Crippen molar-refractivity contribution in [1.82, 2.24) is 4.57 Å². The van der Waals surface area contributed by atoms with Crippen molar-refractivity contribution in [1.29, 1.82) is 0 Å². The predicted molar refractivity (Wildman–Crippen MR) is 55.2 cm³/mol. The van der Waals surface area contributed by atoms with E-state index in [9.17, 15) is 4.79 Å². The molecule has 1 aromatic carbocycles. The number of nitrogens with zero attached hydrogens (tertiary/aromatic N) is 1. The summed E-state index contributed by atoms with van der Waals surface area (Å²) in [5.74, 6) is -0.375. The van der Waals surface area contributed by atoms with E-state index < -0.39 is 0 Å². The van der Waals surface area contributed by atoms with Gasteiger partial charge < -0.3 is 10.2 Å². The summed E-state index contributed by atoms with van der Waals surface area (Å²) in [5.41, 5.74) is 8.73. The monoisotopic (exact) mass is 192 g/mol. The highest BCUT2D eigenvalue weighted by molar-refractivity contribution is 5.86. The van der Waals surface area contributed by atoms with Crippen molar-refractivity contribution in [3.8, 4) is 0 Å². The number of oxazole rings is 1. The molecule has 14 heavy (non-hydrogen) atoms. The van der Waals surface area contributed by atoms with Gasteiger partial charge >= 0.3 is 5.76 Å². The van der Waals surface area contributed by atoms with Gasteiger partial charge in [0.1, 0.15) is 5.52 Å². The van der Waals surface area contributed by atoms with E-state index in [1.807, 2.05) is 19.1 Å². The number of hydrogen-bond donors (Lipinski definition) is 1. The van der Waals surface area contributed by atoms with Crippen LogP contribution in [0, 0.1) is 0 Å². The number of aryl methyl sites for hydroxylation is 2. The number of nitrogen functional groups attached to an aromatic ring is 1. The third-order valence-corrected chi connectivity index (χ3v) is 2.38. The molecule has 0 amide bonds. The maximum absolute atomic E-state index is 11.2. The molecular formula is C10H12N2O2. The summed E-state index contributed by atoms with van der Waals surface area (Å²) in [6.45, 7) is 2.03. The summed E-state index contributed by atoms with van der Waals surface area (Å²) in [6.07, 6.45) is 0.874. The van der Waals surface area contributed by atoms with Gasteiger partial charge in [-0.3, -0.25) is 4.57 Å². The van der Waals surface area contributed by atoms with Crippen LogP contribution in [0.1, 0.15) is 12.5 Å². The van der Waals surface area contributed by atoms with Gasteiger partial charge in [-0.1, -0.05) is 6.92 Å². The van der Waals surface area contributed by atoms with E-state index >= 15 is 0 Å². The molecule has 4 heteroatoms. The molecule has 0 radical (unpaired) electrons. The molecule has 0 saturated carbocycles. The summed E-state index contributed by atoms with van der Waals surface area (Å²) in [5, 5.41) is 0. The number of benzene rings is 1. The molecule has 0 saturated heterocycles. The molecule has 0 atom stereocenters. The Hall–Kier alpha value is -1.71. The fraction of sp³-hybridized carbons (Fsp3) is 0.300. The zero-order valence-electron chi connectivity index (χ0n) is 8.20. The van der Waals surface area contributed by atoms with Crippen molar-refractivity contribution in [2.45, 2.75) is 13.3 Å². The van der Waals surface area contributed by atoms with E-state index in [0.29, 0.717) is 16.8 Å². The minimum atomic E-state index is -0.375. The average molecular weight is 192 g/mol. The Morgan fingerprint density at radius 3 is 2.86 bits per heavy atom.